The van der Waals surface area contributed by atoms with Crippen molar-refractivity contribution in [3.63, 3.8) is 0 Å². The van der Waals surface area contributed by atoms with Crippen LogP contribution in [0.3, 0.4) is 0 Å². The van der Waals surface area contributed by atoms with Gasteiger partial charge in [-0.3, -0.25) is 9.59 Å². The lowest BCUT2D eigenvalue weighted by Gasteiger charge is -2.07. The Hall–Kier alpha value is -1.11. The highest BCUT2D eigenvalue weighted by atomic mass is 32.2. The fourth-order valence-corrected chi connectivity index (χ4v) is 1.77. The minimum atomic E-state index is -3.79. The summed E-state index contributed by atoms with van der Waals surface area (Å²) in [6, 6.07) is 0. The number of rotatable bonds is 5. The van der Waals surface area contributed by atoms with Gasteiger partial charge in [0.1, 0.15) is 11.5 Å². The summed E-state index contributed by atoms with van der Waals surface area (Å²) in [5, 5.41) is 0. The zero-order chi connectivity index (χ0) is 12.1. The van der Waals surface area contributed by atoms with Gasteiger partial charge in [-0.1, -0.05) is 0 Å². The van der Waals surface area contributed by atoms with Crippen molar-refractivity contribution in [2.75, 3.05) is 18.6 Å². The van der Waals surface area contributed by atoms with Gasteiger partial charge in [0.25, 0.3) is 0 Å². The molecule has 0 bridgehead atoms. The molecule has 0 amide bonds. The van der Waals surface area contributed by atoms with E-state index in [0.717, 1.165) is 7.11 Å². The van der Waals surface area contributed by atoms with Crippen LogP contribution < -0.4 is 0 Å². The fraction of sp³-hybridized carbons (Fsp3) is 0.750. The van der Waals surface area contributed by atoms with Crippen molar-refractivity contribution in [1.82, 2.24) is 0 Å². The van der Waals surface area contributed by atoms with Crippen LogP contribution in [-0.2, 0) is 28.9 Å². The van der Waals surface area contributed by atoms with Crippen LogP contribution in [0.4, 0.5) is 0 Å². The van der Waals surface area contributed by atoms with E-state index in [1.807, 2.05) is 0 Å². The quantitative estimate of drug-likeness (QED) is 0.601. The van der Waals surface area contributed by atoms with Crippen LogP contribution in [0.15, 0.2) is 0 Å². The molecule has 0 aliphatic rings. The first-order valence-corrected chi connectivity index (χ1v) is 6.05. The molecule has 0 saturated heterocycles. The molecule has 7 heteroatoms. The summed E-state index contributed by atoms with van der Waals surface area (Å²) in [6.45, 7) is 3.20. The van der Waals surface area contributed by atoms with Crippen LogP contribution in [-0.4, -0.2) is 45.1 Å². The molecule has 0 aromatic heterocycles. The molecular weight excluding hydrogens is 224 g/mol. The first-order chi connectivity index (χ1) is 6.76. The summed E-state index contributed by atoms with van der Waals surface area (Å²) in [4.78, 5) is 21.7. The fourth-order valence-electron chi connectivity index (χ4n) is 0.766. The normalized spacial score (nSPS) is 11.2. The number of esters is 2. The molecule has 6 nitrogen and oxygen atoms in total. The Kier molecular flexibility index (Phi) is 5.27. The maximum atomic E-state index is 11.2. The summed E-state index contributed by atoms with van der Waals surface area (Å²) in [5.41, 5.74) is 0. The number of methoxy groups -OCH3 is 1. The van der Waals surface area contributed by atoms with Crippen LogP contribution in [0.2, 0.25) is 0 Å². The highest BCUT2D eigenvalue weighted by Crippen LogP contribution is 1.96. The number of sulfone groups is 1. The lowest BCUT2D eigenvalue weighted by molar-refractivity contribution is -0.144. The second-order valence-corrected chi connectivity index (χ2v) is 5.21. The Morgan fingerprint density at radius 1 is 1.13 bits per heavy atom. The molecule has 0 radical (unpaired) electrons. The minimum absolute atomic E-state index is 0.383. The molecule has 0 rings (SSSR count). The molecule has 0 aromatic rings. The lowest BCUT2D eigenvalue weighted by Crippen LogP contribution is -2.26. The molecular formula is C8H14O6S. The maximum absolute atomic E-state index is 11.2. The Morgan fingerprint density at radius 2 is 1.60 bits per heavy atom. The topological polar surface area (TPSA) is 86.7 Å². The molecule has 0 fully saturated rings. The van der Waals surface area contributed by atoms with E-state index in [2.05, 4.69) is 9.47 Å². The van der Waals surface area contributed by atoms with Gasteiger partial charge in [-0.25, -0.2) is 8.42 Å². The molecule has 0 N–H and O–H groups in total. The minimum Gasteiger partial charge on any atom is -0.468 e. The standard InChI is InChI=1S/C8H14O6S/c1-6(2)14-8(10)5-15(11,12)4-7(9)13-3/h6H,4-5H2,1-3H3. The summed E-state index contributed by atoms with van der Waals surface area (Å²) < 4.78 is 31.2. The van der Waals surface area contributed by atoms with Crippen molar-refractivity contribution < 1.29 is 27.5 Å². The predicted octanol–water partition coefficient (Wildman–Crippen LogP) is -0.474. The monoisotopic (exact) mass is 238 g/mol. The van der Waals surface area contributed by atoms with Gasteiger partial charge in [0.2, 0.25) is 0 Å². The van der Waals surface area contributed by atoms with Crippen LogP contribution in [0.25, 0.3) is 0 Å². The second-order valence-electron chi connectivity index (χ2n) is 3.15. The van der Waals surface area contributed by atoms with Gasteiger partial charge < -0.3 is 9.47 Å². The Morgan fingerprint density at radius 3 is 2.00 bits per heavy atom. The Bertz CT molecular complexity index is 329. The van der Waals surface area contributed by atoms with Crippen LogP contribution in [0.5, 0.6) is 0 Å². The van der Waals surface area contributed by atoms with Crippen molar-refractivity contribution in [2.24, 2.45) is 0 Å². The number of ether oxygens (including phenoxy) is 2. The van der Waals surface area contributed by atoms with Gasteiger partial charge in [-0.2, -0.15) is 0 Å². The highest BCUT2D eigenvalue weighted by Gasteiger charge is 2.22. The SMILES string of the molecule is COC(=O)CS(=O)(=O)CC(=O)OC(C)C. The van der Waals surface area contributed by atoms with Crippen molar-refractivity contribution in [1.29, 1.82) is 0 Å². The van der Waals surface area contributed by atoms with E-state index in [1.165, 1.54) is 0 Å². The molecule has 0 unspecified atom stereocenters. The predicted molar refractivity (Wildman–Crippen MR) is 51.9 cm³/mol. The largest absolute Gasteiger partial charge is 0.468 e. The maximum Gasteiger partial charge on any atom is 0.321 e. The van der Waals surface area contributed by atoms with Crippen LogP contribution >= 0.6 is 0 Å². The van der Waals surface area contributed by atoms with E-state index in [0.29, 0.717) is 0 Å². The molecule has 0 atom stereocenters. The summed E-state index contributed by atoms with van der Waals surface area (Å²) >= 11 is 0. The molecule has 0 spiro atoms. The first kappa shape index (κ1) is 13.9. The third-order valence-corrected chi connectivity index (χ3v) is 2.62. The van der Waals surface area contributed by atoms with Crippen molar-refractivity contribution in [3.05, 3.63) is 0 Å². The average Bonchev–Trinajstić information content (AvgIpc) is 1.99. The van der Waals surface area contributed by atoms with E-state index < -0.39 is 33.3 Å². The van der Waals surface area contributed by atoms with Crippen molar-refractivity contribution in [2.45, 2.75) is 20.0 Å². The van der Waals surface area contributed by atoms with Gasteiger partial charge in [0.15, 0.2) is 9.84 Å². The molecule has 15 heavy (non-hydrogen) atoms. The average molecular weight is 238 g/mol. The Balaban J connectivity index is 4.27. The van der Waals surface area contributed by atoms with E-state index in [1.54, 1.807) is 13.8 Å². The van der Waals surface area contributed by atoms with Crippen LogP contribution in [0, 0.1) is 0 Å². The zero-order valence-electron chi connectivity index (χ0n) is 8.85. The third kappa shape index (κ3) is 6.89. The van der Waals surface area contributed by atoms with Gasteiger partial charge in [0.05, 0.1) is 13.2 Å². The van der Waals surface area contributed by atoms with Crippen molar-refractivity contribution in [3.8, 4) is 0 Å². The van der Waals surface area contributed by atoms with E-state index in [-0.39, 0.29) is 6.10 Å². The number of carbonyl (C=O) groups excluding carboxylic acids is 2. The zero-order valence-corrected chi connectivity index (χ0v) is 9.67. The van der Waals surface area contributed by atoms with Gasteiger partial charge >= 0.3 is 11.9 Å². The number of hydrogen-bond acceptors (Lipinski definition) is 6. The van der Waals surface area contributed by atoms with Gasteiger partial charge in [-0.05, 0) is 13.8 Å². The molecule has 0 aliphatic heterocycles. The summed E-state index contributed by atoms with van der Waals surface area (Å²) in [7, 11) is -2.71. The van der Waals surface area contributed by atoms with E-state index >= 15 is 0 Å². The Labute approximate surface area is 88.5 Å². The molecule has 0 heterocycles. The smallest absolute Gasteiger partial charge is 0.321 e. The molecule has 0 saturated carbocycles. The number of carbonyl (C=O) groups is 2. The van der Waals surface area contributed by atoms with Gasteiger partial charge in [-0.15, -0.1) is 0 Å². The molecule has 0 aromatic carbocycles. The van der Waals surface area contributed by atoms with E-state index in [9.17, 15) is 18.0 Å². The first-order valence-electron chi connectivity index (χ1n) is 4.23. The van der Waals surface area contributed by atoms with E-state index in [4.69, 9.17) is 0 Å². The van der Waals surface area contributed by atoms with Crippen LogP contribution in [0.1, 0.15) is 13.8 Å². The lowest BCUT2D eigenvalue weighted by atomic mass is 10.5. The summed E-state index contributed by atoms with van der Waals surface area (Å²) in [6.07, 6.45) is -0.383. The third-order valence-electron chi connectivity index (χ3n) is 1.27. The number of hydrogen-bond donors (Lipinski definition) is 0. The highest BCUT2D eigenvalue weighted by molar-refractivity contribution is 7.92. The van der Waals surface area contributed by atoms with Crippen molar-refractivity contribution >= 4 is 21.8 Å². The van der Waals surface area contributed by atoms with Gasteiger partial charge in [0, 0.05) is 0 Å². The molecule has 0 aliphatic carbocycles. The molecule has 88 valence electrons. The summed E-state index contributed by atoms with van der Waals surface area (Å²) in [5.74, 6) is -3.38. The second kappa shape index (κ2) is 5.69.